The van der Waals surface area contributed by atoms with Crippen LogP contribution in [0, 0.1) is 0 Å². The lowest BCUT2D eigenvalue weighted by atomic mass is 10.1. The number of hydrogen-bond donors (Lipinski definition) is 2. The predicted molar refractivity (Wildman–Crippen MR) is 110 cm³/mol. The molecule has 2 N–H and O–H groups in total. The highest BCUT2D eigenvalue weighted by atomic mass is 16.5. The second-order valence-corrected chi connectivity index (χ2v) is 6.54. The summed E-state index contributed by atoms with van der Waals surface area (Å²) in [6.07, 6.45) is 0. The number of para-hydroxylation sites is 3. The van der Waals surface area contributed by atoms with Crippen LogP contribution in [0.25, 0.3) is 0 Å². The molecule has 0 saturated heterocycles. The van der Waals surface area contributed by atoms with E-state index in [2.05, 4.69) is 10.6 Å². The van der Waals surface area contributed by atoms with E-state index < -0.39 is 0 Å². The second kappa shape index (κ2) is 8.86. The van der Waals surface area contributed by atoms with Gasteiger partial charge in [0.05, 0.1) is 16.8 Å². The molecule has 0 atom stereocenters. The first-order valence-electron chi connectivity index (χ1n) is 9.08. The van der Waals surface area contributed by atoms with E-state index in [-0.39, 0.29) is 17.9 Å². The minimum atomic E-state index is -0.351. The van der Waals surface area contributed by atoms with Crippen molar-refractivity contribution in [1.29, 1.82) is 0 Å². The summed E-state index contributed by atoms with van der Waals surface area (Å²) in [7, 11) is 0. The highest BCUT2D eigenvalue weighted by molar-refractivity contribution is 6.10. The molecule has 0 heterocycles. The standard InChI is InChI=1S/C23H22N2O3/c1-16(2)24-22(26)18-12-6-8-14-20(18)25-23(27)19-13-7-9-15-21(19)28-17-10-4-3-5-11-17/h3-16H,1-2H3,(H,24,26)(H,25,27). The van der Waals surface area contributed by atoms with Crippen LogP contribution in [0.5, 0.6) is 11.5 Å². The van der Waals surface area contributed by atoms with Crippen LogP contribution >= 0.6 is 0 Å². The number of ether oxygens (including phenoxy) is 1. The highest BCUT2D eigenvalue weighted by Gasteiger charge is 2.17. The topological polar surface area (TPSA) is 67.4 Å². The Morgan fingerprint density at radius 3 is 2.07 bits per heavy atom. The van der Waals surface area contributed by atoms with Crippen molar-refractivity contribution in [2.75, 3.05) is 5.32 Å². The summed E-state index contributed by atoms with van der Waals surface area (Å²) in [4.78, 5) is 25.3. The third-order valence-corrected chi connectivity index (χ3v) is 3.94. The summed E-state index contributed by atoms with van der Waals surface area (Å²) in [6.45, 7) is 3.77. The van der Waals surface area contributed by atoms with Gasteiger partial charge in [-0.25, -0.2) is 0 Å². The number of carbonyl (C=O) groups excluding carboxylic acids is 2. The molecule has 0 aromatic heterocycles. The Bertz CT molecular complexity index is 968. The SMILES string of the molecule is CC(C)NC(=O)c1ccccc1NC(=O)c1ccccc1Oc1ccccc1. The predicted octanol–water partition coefficient (Wildman–Crippen LogP) is 4.87. The molecule has 0 aliphatic carbocycles. The summed E-state index contributed by atoms with van der Waals surface area (Å²) in [5.41, 5.74) is 1.23. The number of nitrogens with one attached hydrogen (secondary N) is 2. The molecule has 0 radical (unpaired) electrons. The van der Waals surface area contributed by atoms with Gasteiger partial charge in [0.25, 0.3) is 11.8 Å². The van der Waals surface area contributed by atoms with E-state index in [4.69, 9.17) is 4.74 Å². The summed E-state index contributed by atoms with van der Waals surface area (Å²) in [6, 6.07) is 23.2. The fourth-order valence-corrected chi connectivity index (χ4v) is 2.68. The van der Waals surface area contributed by atoms with Crippen molar-refractivity contribution in [2.45, 2.75) is 19.9 Å². The summed E-state index contributed by atoms with van der Waals surface area (Å²) < 4.78 is 5.86. The lowest BCUT2D eigenvalue weighted by Gasteiger charge is -2.14. The number of hydrogen-bond acceptors (Lipinski definition) is 3. The smallest absolute Gasteiger partial charge is 0.259 e. The zero-order chi connectivity index (χ0) is 19.9. The number of amides is 2. The number of benzene rings is 3. The van der Waals surface area contributed by atoms with Crippen LogP contribution in [0.2, 0.25) is 0 Å². The van der Waals surface area contributed by atoms with Crippen LogP contribution in [-0.2, 0) is 0 Å². The fourth-order valence-electron chi connectivity index (χ4n) is 2.68. The molecule has 28 heavy (non-hydrogen) atoms. The Morgan fingerprint density at radius 2 is 1.36 bits per heavy atom. The van der Waals surface area contributed by atoms with Crippen molar-refractivity contribution in [1.82, 2.24) is 5.32 Å². The van der Waals surface area contributed by atoms with Gasteiger partial charge in [-0.3, -0.25) is 9.59 Å². The monoisotopic (exact) mass is 374 g/mol. The average Bonchev–Trinajstić information content (AvgIpc) is 2.69. The van der Waals surface area contributed by atoms with Gasteiger partial charge in [-0.05, 0) is 50.2 Å². The lowest BCUT2D eigenvalue weighted by Crippen LogP contribution is -2.31. The minimum absolute atomic E-state index is 0.00347. The molecule has 3 rings (SSSR count). The lowest BCUT2D eigenvalue weighted by molar-refractivity contribution is 0.0944. The van der Waals surface area contributed by atoms with Crippen molar-refractivity contribution in [2.24, 2.45) is 0 Å². The van der Waals surface area contributed by atoms with Crippen LogP contribution in [-0.4, -0.2) is 17.9 Å². The largest absolute Gasteiger partial charge is 0.457 e. The molecule has 0 bridgehead atoms. The summed E-state index contributed by atoms with van der Waals surface area (Å²) in [5, 5.41) is 5.67. The van der Waals surface area contributed by atoms with Crippen LogP contribution in [0.1, 0.15) is 34.6 Å². The zero-order valence-corrected chi connectivity index (χ0v) is 15.8. The van der Waals surface area contributed by atoms with Crippen LogP contribution < -0.4 is 15.4 Å². The summed E-state index contributed by atoms with van der Waals surface area (Å²) >= 11 is 0. The van der Waals surface area contributed by atoms with E-state index in [1.807, 2.05) is 44.2 Å². The van der Waals surface area contributed by atoms with Crippen molar-refractivity contribution >= 4 is 17.5 Å². The minimum Gasteiger partial charge on any atom is -0.457 e. The molecule has 0 unspecified atom stereocenters. The molecule has 0 aliphatic heterocycles. The molecule has 142 valence electrons. The third-order valence-electron chi connectivity index (χ3n) is 3.94. The van der Waals surface area contributed by atoms with Crippen molar-refractivity contribution in [3.05, 3.63) is 90.0 Å². The van der Waals surface area contributed by atoms with E-state index in [1.165, 1.54) is 0 Å². The van der Waals surface area contributed by atoms with Gasteiger partial charge >= 0.3 is 0 Å². The Hall–Kier alpha value is -3.60. The average molecular weight is 374 g/mol. The Kier molecular flexibility index (Phi) is 6.07. The Balaban J connectivity index is 1.84. The quantitative estimate of drug-likeness (QED) is 0.647. The van der Waals surface area contributed by atoms with Crippen LogP contribution in [0.3, 0.4) is 0 Å². The maximum atomic E-state index is 12.9. The van der Waals surface area contributed by atoms with Gasteiger partial charge < -0.3 is 15.4 Å². The van der Waals surface area contributed by atoms with E-state index in [9.17, 15) is 9.59 Å². The van der Waals surface area contributed by atoms with Crippen LogP contribution in [0.4, 0.5) is 5.69 Å². The zero-order valence-electron chi connectivity index (χ0n) is 15.8. The highest BCUT2D eigenvalue weighted by Crippen LogP contribution is 2.26. The van der Waals surface area contributed by atoms with Crippen molar-refractivity contribution in [3.63, 3.8) is 0 Å². The third kappa shape index (κ3) is 4.76. The van der Waals surface area contributed by atoms with Crippen LogP contribution in [0.15, 0.2) is 78.9 Å². The van der Waals surface area contributed by atoms with Gasteiger partial charge in [0, 0.05) is 6.04 Å². The molecule has 0 saturated carbocycles. The number of rotatable bonds is 6. The first-order chi connectivity index (χ1) is 13.5. The van der Waals surface area contributed by atoms with Crippen molar-refractivity contribution < 1.29 is 14.3 Å². The van der Waals surface area contributed by atoms with Crippen molar-refractivity contribution in [3.8, 4) is 11.5 Å². The molecule has 5 nitrogen and oxygen atoms in total. The molecule has 0 spiro atoms. The molecule has 0 aliphatic rings. The first kappa shape index (κ1) is 19.2. The Labute approximate surface area is 164 Å². The van der Waals surface area contributed by atoms with Gasteiger partial charge in [-0.15, -0.1) is 0 Å². The van der Waals surface area contributed by atoms with E-state index in [0.29, 0.717) is 28.3 Å². The van der Waals surface area contributed by atoms with Gasteiger partial charge in [0.15, 0.2) is 0 Å². The van der Waals surface area contributed by atoms with E-state index in [0.717, 1.165) is 0 Å². The fraction of sp³-hybridized carbons (Fsp3) is 0.130. The maximum Gasteiger partial charge on any atom is 0.259 e. The van der Waals surface area contributed by atoms with Gasteiger partial charge in [-0.2, -0.15) is 0 Å². The normalized spacial score (nSPS) is 10.4. The van der Waals surface area contributed by atoms with Gasteiger partial charge in [0.2, 0.25) is 0 Å². The second-order valence-electron chi connectivity index (χ2n) is 6.54. The molecule has 0 fully saturated rings. The number of anilines is 1. The maximum absolute atomic E-state index is 12.9. The molecule has 3 aromatic rings. The van der Waals surface area contributed by atoms with E-state index >= 15 is 0 Å². The number of carbonyl (C=O) groups is 2. The Morgan fingerprint density at radius 1 is 0.750 bits per heavy atom. The first-order valence-corrected chi connectivity index (χ1v) is 9.08. The molecular weight excluding hydrogens is 352 g/mol. The van der Waals surface area contributed by atoms with Gasteiger partial charge in [-0.1, -0.05) is 42.5 Å². The molecule has 3 aromatic carbocycles. The molecular formula is C23H22N2O3. The summed E-state index contributed by atoms with van der Waals surface area (Å²) in [5.74, 6) is 0.492. The van der Waals surface area contributed by atoms with Gasteiger partial charge in [0.1, 0.15) is 11.5 Å². The molecule has 2 amide bonds. The molecule has 5 heteroatoms. The van der Waals surface area contributed by atoms with E-state index in [1.54, 1.807) is 48.5 Å².